The zero-order chi connectivity index (χ0) is 15.9. The van der Waals surface area contributed by atoms with Crippen LogP contribution in [-0.4, -0.2) is 35.9 Å². The lowest BCUT2D eigenvalue weighted by Gasteiger charge is -2.18. The van der Waals surface area contributed by atoms with Gasteiger partial charge in [-0.1, -0.05) is 6.07 Å². The van der Waals surface area contributed by atoms with E-state index in [9.17, 15) is 4.79 Å². The number of carbonyl (C=O) groups is 1. The van der Waals surface area contributed by atoms with Crippen molar-refractivity contribution in [3.8, 4) is 0 Å². The monoisotopic (exact) mass is 297 g/mol. The minimum absolute atomic E-state index is 0.0901. The van der Waals surface area contributed by atoms with E-state index in [4.69, 9.17) is 0 Å². The van der Waals surface area contributed by atoms with Crippen LogP contribution in [0.25, 0.3) is 0 Å². The van der Waals surface area contributed by atoms with E-state index in [1.54, 1.807) is 17.3 Å². The van der Waals surface area contributed by atoms with Crippen molar-refractivity contribution in [1.29, 1.82) is 0 Å². The van der Waals surface area contributed by atoms with Crippen molar-refractivity contribution in [1.82, 2.24) is 9.88 Å². The molecule has 4 nitrogen and oxygen atoms in total. The van der Waals surface area contributed by atoms with E-state index in [2.05, 4.69) is 36.3 Å². The number of aromatic nitrogens is 1. The standard InChI is InChI=1S/C18H23N3O/c1-14-4-5-17(12-15(14)2)20-13-18(22)21(3)11-8-16-6-9-19-10-7-16/h4-7,9-10,12,20H,8,11,13H2,1-3H3. The summed E-state index contributed by atoms with van der Waals surface area (Å²) in [6, 6.07) is 10.1. The van der Waals surface area contributed by atoms with Crippen LogP contribution in [0.5, 0.6) is 0 Å². The Kier molecular flexibility index (Phi) is 5.53. The van der Waals surface area contributed by atoms with Crippen molar-refractivity contribution in [2.75, 3.05) is 25.5 Å². The highest BCUT2D eigenvalue weighted by Gasteiger charge is 2.08. The molecule has 0 fully saturated rings. The van der Waals surface area contributed by atoms with E-state index in [0.717, 1.165) is 12.1 Å². The van der Waals surface area contributed by atoms with Gasteiger partial charge in [0.2, 0.25) is 5.91 Å². The van der Waals surface area contributed by atoms with Gasteiger partial charge in [0, 0.05) is 31.7 Å². The fourth-order valence-corrected chi connectivity index (χ4v) is 2.13. The number of nitrogens with one attached hydrogen (secondary N) is 1. The third-order valence-electron chi connectivity index (χ3n) is 3.86. The molecule has 0 unspecified atom stereocenters. The maximum absolute atomic E-state index is 12.1. The number of anilines is 1. The van der Waals surface area contributed by atoms with E-state index in [1.165, 1.54) is 16.7 Å². The summed E-state index contributed by atoms with van der Waals surface area (Å²) >= 11 is 0. The third kappa shape index (κ3) is 4.58. The van der Waals surface area contributed by atoms with Gasteiger partial charge in [0.05, 0.1) is 6.54 Å². The van der Waals surface area contributed by atoms with Gasteiger partial charge in [0.25, 0.3) is 0 Å². The molecule has 1 aromatic heterocycles. The summed E-state index contributed by atoms with van der Waals surface area (Å²) < 4.78 is 0. The first kappa shape index (κ1) is 16.0. The van der Waals surface area contributed by atoms with Crippen LogP contribution in [-0.2, 0) is 11.2 Å². The maximum Gasteiger partial charge on any atom is 0.241 e. The van der Waals surface area contributed by atoms with E-state index >= 15 is 0 Å². The van der Waals surface area contributed by atoms with Gasteiger partial charge in [-0.25, -0.2) is 0 Å². The molecule has 116 valence electrons. The normalized spacial score (nSPS) is 10.3. The predicted molar refractivity (Wildman–Crippen MR) is 90.0 cm³/mol. The predicted octanol–water partition coefficient (Wildman–Crippen LogP) is 2.81. The molecule has 1 N–H and O–H groups in total. The van der Waals surface area contributed by atoms with Crippen LogP contribution in [0.4, 0.5) is 5.69 Å². The molecule has 4 heteroatoms. The molecule has 0 aliphatic rings. The molecule has 0 aliphatic carbocycles. The largest absolute Gasteiger partial charge is 0.376 e. The molecule has 2 rings (SSSR count). The number of nitrogens with zero attached hydrogens (tertiary/aromatic N) is 2. The molecule has 0 saturated heterocycles. The Bertz CT molecular complexity index is 625. The van der Waals surface area contributed by atoms with Crippen molar-refractivity contribution < 1.29 is 4.79 Å². The quantitative estimate of drug-likeness (QED) is 0.892. The molecule has 0 bridgehead atoms. The van der Waals surface area contributed by atoms with Crippen LogP contribution < -0.4 is 5.32 Å². The average Bonchev–Trinajstić information content (AvgIpc) is 2.54. The zero-order valence-corrected chi connectivity index (χ0v) is 13.5. The SMILES string of the molecule is Cc1ccc(NCC(=O)N(C)CCc2ccncc2)cc1C. The maximum atomic E-state index is 12.1. The number of likely N-dealkylation sites (N-methyl/N-ethyl adjacent to an activating group) is 1. The smallest absolute Gasteiger partial charge is 0.241 e. The number of benzene rings is 1. The molecular weight excluding hydrogens is 274 g/mol. The van der Waals surface area contributed by atoms with E-state index < -0.39 is 0 Å². The molecule has 0 spiro atoms. The topological polar surface area (TPSA) is 45.2 Å². The summed E-state index contributed by atoms with van der Waals surface area (Å²) in [7, 11) is 1.84. The Hall–Kier alpha value is -2.36. The molecule has 1 amide bonds. The first-order chi connectivity index (χ1) is 10.6. The van der Waals surface area contributed by atoms with Crippen LogP contribution in [0.3, 0.4) is 0 Å². The van der Waals surface area contributed by atoms with Gasteiger partial charge >= 0.3 is 0 Å². The summed E-state index contributed by atoms with van der Waals surface area (Å²) in [5.74, 6) is 0.0901. The van der Waals surface area contributed by atoms with Gasteiger partial charge in [-0.05, 0) is 61.2 Å². The number of pyridine rings is 1. The Morgan fingerprint density at radius 3 is 2.55 bits per heavy atom. The second-order valence-corrected chi connectivity index (χ2v) is 5.57. The molecule has 2 aromatic rings. The molecule has 0 radical (unpaired) electrons. The number of hydrogen-bond acceptors (Lipinski definition) is 3. The summed E-state index contributed by atoms with van der Waals surface area (Å²) in [6.45, 7) is 5.17. The third-order valence-corrected chi connectivity index (χ3v) is 3.86. The zero-order valence-electron chi connectivity index (χ0n) is 13.5. The minimum Gasteiger partial charge on any atom is -0.376 e. The van der Waals surface area contributed by atoms with Crippen LogP contribution in [0.15, 0.2) is 42.7 Å². The van der Waals surface area contributed by atoms with Gasteiger partial charge in [-0.2, -0.15) is 0 Å². The first-order valence-electron chi connectivity index (χ1n) is 7.50. The number of amides is 1. The molecule has 22 heavy (non-hydrogen) atoms. The van der Waals surface area contributed by atoms with E-state index in [1.807, 2.05) is 25.2 Å². The number of hydrogen-bond donors (Lipinski definition) is 1. The molecular formula is C18H23N3O. The van der Waals surface area contributed by atoms with Crippen molar-refractivity contribution in [3.63, 3.8) is 0 Å². The van der Waals surface area contributed by atoms with Crippen molar-refractivity contribution in [2.24, 2.45) is 0 Å². The van der Waals surface area contributed by atoms with Gasteiger partial charge in [0.15, 0.2) is 0 Å². The first-order valence-corrected chi connectivity index (χ1v) is 7.50. The van der Waals surface area contributed by atoms with Crippen molar-refractivity contribution in [3.05, 3.63) is 59.4 Å². The highest BCUT2D eigenvalue weighted by molar-refractivity contribution is 5.80. The van der Waals surface area contributed by atoms with E-state index in [-0.39, 0.29) is 5.91 Å². The van der Waals surface area contributed by atoms with Gasteiger partial charge in [-0.15, -0.1) is 0 Å². The average molecular weight is 297 g/mol. The van der Waals surface area contributed by atoms with E-state index in [0.29, 0.717) is 13.1 Å². The van der Waals surface area contributed by atoms with Crippen molar-refractivity contribution >= 4 is 11.6 Å². The number of aryl methyl sites for hydroxylation is 2. The Morgan fingerprint density at radius 2 is 1.86 bits per heavy atom. The fourth-order valence-electron chi connectivity index (χ4n) is 2.13. The molecule has 1 heterocycles. The number of carbonyl (C=O) groups excluding carboxylic acids is 1. The highest BCUT2D eigenvalue weighted by Crippen LogP contribution is 2.13. The second-order valence-electron chi connectivity index (χ2n) is 5.57. The van der Waals surface area contributed by atoms with Gasteiger partial charge in [-0.3, -0.25) is 9.78 Å². The molecule has 1 aromatic carbocycles. The summed E-state index contributed by atoms with van der Waals surface area (Å²) in [4.78, 5) is 17.9. The van der Waals surface area contributed by atoms with Crippen molar-refractivity contribution in [2.45, 2.75) is 20.3 Å². The fraction of sp³-hybridized carbons (Fsp3) is 0.333. The lowest BCUT2D eigenvalue weighted by molar-refractivity contribution is -0.127. The lowest BCUT2D eigenvalue weighted by atomic mass is 10.1. The van der Waals surface area contributed by atoms with Crippen LogP contribution in [0.1, 0.15) is 16.7 Å². The lowest BCUT2D eigenvalue weighted by Crippen LogP contribution is -2.33. The van der Waals surface area contributed by atoms with Gasteiger partial charge in [0.1, 0.15) is 0 Å². The summed E-state index contributed by atoms with van der Waals surface area (Å²) in [6.07, 6.45) is 4.39. The van der Waals surface area contributed by atoms with Crippen LogP contribution >= 0.6 is 0 Å². The van der Waals surface area contributed by atoms with Gasteiger partial charge < -0.3 is 10.2 Å². The minimum atomic E-state index is 0.0901. The summed E-state index contributed by atoms with van der Waals surface area (Å²) in [5, 5.41) is 3.19. The molecule has 0 aliphatic heterocycles. The molecule has 0 atom stereocenters. The Balaban J connectivity index is 1.79. The molecule has 0 saturated carbocycles. The van der Waals surface area contributed by atoms with Crippen LogP contribution in [0, 0.1) is 13.8 Å². The second kappa shape index (κ2) is 7.59. The Morgan fingerprint density at radius 1 is 1.14 bits per heavy atom. The Labute approximate surface area is 132 Å². The number of rotatable bonds is 6. The highest BCUT2D eigenvalue weighted by atomic mass is 16.2. The van der Waals surface area contributed by atoms with Crippen LogP contribution in [0.2, 0.25) is 0 Å². The summed E-state index contributed by atoms with van der Waals surface area (Å²) in [5.41, 5.74) is 4.66.